The first-order valence-corrected chi connectivity index (χ1v) is 8.06. The first kappa shape index (κ1) is 15.5. The minimum absolute atomic E-state index is 0.0372. The molecule has 2 N–H and O–H groups in total. The van der Waals surface area contributed by atoms with Crippen LogP contribution in [-0.2, 0) is 6.54 Å². The normalized spacial score (nSPS) is 12.2. The fourth-order valence-corrected chi connectivity index (χ4v) is 3.07. The van der Waals surface area contributed by atoms with Gasteiger partial charge in [-0.3, -0.25) is 0 Å². The summed E-state index contributed by atoms with van der Waals surface area (Å²) in [5.41, 5.74) is 9.51. The number of anilines is 1. The monoisotopic (exact) mass is 396 g/mol. The van der Waals surface area contributed by atoms with Crippen LogP contribution in [0.3, 0.4) is 0 Å². The van der Waals surface area contributed by atoms with Crippen molar-refractivity contribution in [3.8, 4) is 0 Å². The molecule has 0 saturated carbocycles. The van der Waals surface area contributed by atoms with E-state index in [4.69, 9.17) is 5.73 Å². The van der Waals surface area contributed by atoms with Crippen molar-refractivity contribution in [3.05, 3.63) is 62.5 Å². The number of hydrogen-bond donors (Lipinski definition) is 1. The Kier molecular flexibility index (Phi) is 5.24. The molecular weight excluding hydrogens is 380 g/mol. The summed E-state index contributed by atoms with van der Waals surface area (Å²) in [7, 11) is 2.09. The fraction of sp³-hybridized carbons (Fsp3) is 0.250. The Hall–Kier alpha value is -0.840. The van der Waals surface area contributed by atoms with Gasteiger partial charge in [-0.15, -0.1) is 0 Å². The first-order valence-electron chi connectivity index (χ1n) is 6.48. The third kappa shape index (κ3) is 3.84. The molecule has 0 aliphatic heterocycles. The molecule has 106 valence electrons. The van der Waals surface area contributed by atoms with E-state index in [1.165, 1.54) is 11.3 Å². The molecule has 2 aromatic rings. The summed E-state index contributed by atoms with van der Waals surface area (Å²) in [6.07, 6.45) is 0. The van der Waals surface area contributed by atoms with Gasteiger partial charge in [0.25, 0.3) is 0 Å². The highest BCUT2D eigenvalue weighted by Crippen LogP contribution is 2.27. The summed E-state index contributed by atoms with van der Waals surface area (Å²) < 4.78 is 2.17. The predicted molar refractivity (Wildman–Crippen MR) is 93.0 cm³/mol. The molecule has 1 atom stereocenters. The van der Waals surface area contributed by atoms with Crippen molar-refractivity contribution in [2.24, 2.45) is 5.73 Å². The molecule has 0 unspecified atom stereocenters. The Morgan fingerprint density at radius 1 is 1.10 bits per heavy atom. The zero-order chi connectivity index (χ0) is 14.7. The van der Waals surface area contributed by atoms with Crippen LogP contribution in [0.4, 0.5) is 5.69 Å². The van der Waals surface area contributed by atoms with Crippen LogP contribution in [0.5, 0.6) is 0 Å². The maximum atomic E-state index is 5.93. The minimum Gasteiger partial charge on any atom is -0.370 e. The first-order chi connectivity index (χ1) is 9.47. The average molecular weight is 398 g/mol. The van der Waals surface area contributed by atoms with Crippen LogP contribution in [0.15, 0.2) is 51.4 Å². The summed E-state index contributed by atoms with van der Waals surface area (Å²) in [5, 5.41) is 0. The minimum atomic E-state index is 0.0372. The number of hydrogen-bond acceptors (Lipinski definition) is 2. The molecule has 0 fully saturated rings. The van der Waals surface area contributed by atoms with Crippen molar-refractivity contribution >= 4 is 37.5 Å². The molecule has 0 bridgehead atoms. The molecule has 2 aromatic carbocycles. The van der Waals surface area contributed by atoms with E-state index in [0.717, 1.165) is 21.1 Å². The van der Waals surface area contributed by atoms with Gasteiger partial charge in [0.1, 0.15) is 0 Å². The van der Waals surface area contributed by atoms with Gasteiger partial charge >= 0.3 is 0 Å². The van der Waals surface area contributed by atoms with E-state index in [-0.39, 0.29) is 6.04 Å². The van der Waals surface area contributed by atoms with Crippen molar-refractivity contribution in [3.63, 3.8) is 0 Å². The molecule has 2 rings (SSSR count). The van der Waals surface area contributed by atoms with Gasteiger partial charge in [-0.25, -0.2) is 0 Å². The summed E-state index contributed by atoms with van der Waals surface area (Å²) in [6.45, 7) is 2.86. The van der Waals surface area contributed by atoms with Crippen LogP contribution in [0.2, 0.25) is 0 Å². The molecule has 2 nitrogen and oxygen atoms in total. The van der Waals surface area contributed by atoms with Gasteiger partial charge in [0.05, 0.1) is 0 Å². The largest absolute Gasteiger partial charge is 0.370 e. The number of rotatable bonds is 4. The lowest BCUT2D eigenvalue weighted by molar-refractivity contribution is 0.812. The quantitative estimate of drug-likeness (QED) is 0.797. The molecule has 0 aromatic heterocycles. The zero-order valence-corrected chi connectivity index (χ0v) is 14.8. The highest BCUT2D eigenvalue weighted by atomic mass is 79.9. The van der Waals surface area contributed by atoms with E-state index < -0.39 is 0 Å². The summed E-state index contributed by atoms with van der Waals surface area (Å²) in [6, 6.07) is 14.8. The van der Waals surface area contributed by atoms with Gasteiger partial charge in [0.2, 0.25) is 0 Å². The van der Waals surface area contributed by atoms with E-state index in [1.54, 1.807) is 0 Å². The van der Waals surface area contributed by atoms with E-state index in [9.17, 15) is 0 Å². The van der Waals surface area contributed by atoms with Crippen molar-refractivity contribution in [1.82, 2.24) is 0 Å². The second kappa shape index (κ2) is 6.74. The van der Waals surface area contributed by atoms with Crippen molar-refractivity contribution in [2.45, 2.75) is 19.5 Å². The van der Waals surface area contributed by atoms with E-state index >= 15 is 0 Å². The topological polar surface area (TPSA) is 29.3 Å². The smallest absolute Gasteiger partial charge is 0.0426 e. The van der Waals surface area contributed by atoms with Gasteiger partial charge in [-0.05, 0) is 42.3 Å². The van der Waals surface area contributed by atoms with Crippen LogP contribution in [0, 0.1) is 0 Å². The number of benzene rings is 2. The molecule has 20 heavy (non-hydrogen) atoms. The summed E-state index contributed by atoms with van der Waals surface area (Å²) in [5.74, 6) is 0. The second-order valence-electron chi connectivity index (χ2n) is 4.98. The molecule has 0 heterocycles. The lowest BCUT2D eigenvalue weighted by atomic mass is 10.1. The summed E-state index contributed by atoms with van der Waals surface area (Å²) >= 11 is 7.05. The Morgan fingerprint density at radius 3 is 2.30 bits per heavy atom. The van der Waals surface area contributed by atoms with Gasteiger partial charge < -0.3 is 10.6 Å². The van der Waals surface area contributed by atoms with Crippen LogP contribution >= 0.6 is 31.9 Å². The Bertz CT molecular complexity index is 580. The molecular formula is C16H18Br2N2. The van der Waals surface area contributed by atoms with Crippen molar-refractivity contribution < 1.29 is 0 Å². The predicted octanol–water partition coefficient (Wildman–Crippen LogP) is 4.87. The Labute approximate surface area is 137 Å². The number of nitrogens with zero attached hydrogens (tertiary/aromatic N) is 1. The maximum Gasteiger partial charge on any atom is 0.0426 e. The standard InChI is InChI=1S/C16H18Br2N2/c1-11(19)15-8-7-14(9-16(15)18)20(2)10-12-3-5-13(17)6-4-12/h3-9,11H,10,19H2,1-2H3/t11-/m0/s1. The van der Waals surface area contributed by atoms with Crippen LogP contribution in [0.25, 0.3) is 0 Å². The Morgan fingerprint density at radius 2 is 1.75 bits per heavy atom. The van der Waals surface area contributed by atoms with E-state index in [1.807, 2.05) is 6.92 Å². The van der Waals surface area contributed by atoms with E-state index in [0.29, 0.717) is 0 Å². The van der Waals surface area contributed by atoms with E-state index in [2.05, 4.69) is 86.3 Å². The van der Waals surface area contributed by atoms with Gasteiger partial charge in [-0.1, -0.05) is 50.1 Å². The molecule has 0 amide bonds. The lowest BCUT2D eigenvalue weighted by Gasteiger charge is -2.21. The third-order valence-electron chi connectivity index (χ3n) is 3.25. The highest BCUT2D eigenvalue weighted by molar-refractivity contribution is 9.10. The number of halogens is 2. The Balaban J connectivity index is 2.15. The van der Waals surface area contributed by atoms with Gasteiger partial charge in [0, 0.05) is 34.3 Å². The van der Waals surface area contributed by atoms with Crippen molar-refractivity contribution in [2.75, 3.05) is 11.9 Å². The molecule has 0 aliphatic rings. The van der Waals surface area contributed by atoms with Gasteiger partial charge in [-0.2, -0.15) is 0 Å². The van der Waals surface area contributed by atoms with Crippen LogP contribution < -0.4 is 10.6 Å². The maximum absolute atomic E-state index is 5.93. The molecule has 0 saturated heterocycles. The third-order valence-corrected chi connectivity index (χ3v) is 4.46. The van der Waals surface area contributed by atoms with Crippen molar-refractivity contribution in [1.29, 1.82) is 0 Å². The van der Waals surface area contributed by atoms with Crippen LogP contribution in [-0.4, -0.2) is 7.05 Å². The highest BCUT2D eigenvalue weighted by Gasteiger charge is 2.08. The average Bonchev–Trinajstić information content (AvgIpc) is 2.40. The summed E-state index contributed by atoms with van der Waals surface area (Å²) in [4.78, 5) is 2.22. The molecule has 4 heteroatoms. The van der Waals surface area contributed by atoms with Gasteiger partial charge in [0.15, 0.2) is 0 Å². The van der Waals surface area contributed by atoms with Crippen LogP contribution in [0.1, 0.15) is 24.1 Å². The fourth-order valence-electron chi connectivity index (χ4n) is 2.08. The lowest BCUT2D eigenvalue weighted by Crippen LogP contribution is -2.16. The molecule has 0 aliphatic carbocycles. The molecule has 0 spiro atoms. The SMILES string of the molecule is C[C@H](N)c1ccc(N(C)Cc2ccc(Br)cc2)cc1Br. The molecule has 0 radical (unpaired) electrons. The number of nitrogens with two attached hydrogens (primary N) is 1. The second-order valence-corrected chi connectivity index (χ2v) is 6.75. The zero-order valence-electron chi connectivity index (χ0n) is 11.6.